The van der Waals surface area contributed by atoms with Crippen molar-refractivity contribution in [2.24, 2.45) is 0 Å². The van der Waals surface area contributed by atoms with Crippen molar-refractivity contribution in [3.05, 3.63) is 108 Å². The van der Waals surface area contributed by atoms with Crippen LogP contribution in [-0.2, 0) is 9.59 Å². The number of nitrogens with zero attached hydrogens (tertiary/aromatic N) is 6. The number of imidazole rings is 2. The molecule has 0 saturated carbocycles. The number of aromatic nitrogens is 4. The van der Waals surface area contributed by atoms with Crippen LogP contribution in [0, 0.1) is 0 Å². The van der Waals surface area contributed by atoms with Gasteiger partial charge in [0.25, 0.3) is 5.91 Å². The topological polar surface area (TPSA) is 142 Å². The summed E-state index contributed by atoms with van der Waals surface area (Å²) < 4.78 is 0. The Labute approximate surface area is 327 Å². The van der Waals surface area contributed by atoms with Crippen LogP contribution < -0.4 is 0 Å². The predicted octanol–water partition coefficient (Wildman–Crippen LogP) is 7.69. The Morgan fingerprint density at radius 3 is 1.77 bits per heavy atom. The zero-order valence-electron chi connectivity index (χ0n) is 31.9. The summed E-state index contributed by atoms with van der Waals surface area (Å²) in [5.74, 6) is 1.53. The third kappa shape index (κ3) is 7.84. The minimum Gasteiger partial charge on any atom is -0.465 e. The number of carboxylic acid groups (broad SMARTS) is 1. The van der Waals surface area contributed by atoms with E-state index < -0.39 is 12.1 Å². The Hall–Kier alpha value is -5.75. The Bertz CT molecular complexity index is 2120. The van der Waals surface area contributed by atoms with Gasteiger partial charge in [0.2, 0.25) is 5.91 Å². The molecule has 3 atom stereocenters. The molecule has 2 aromatic heterocycles. The fourth-order valence-corrected chi connectivity index (χ4v) is 8.67. The van der Waals surface area contributed by atoms with Crippen LogP contribution in [0.3, 0.4) is 0 Å². The molecule has 3 aliphatic rings. The minimum atomic E-state index is -1.16. The number of amides is 3. The summed E-state index contributed by atoms with van der Waals surface area (Å²) in [4.78, 5) is 62.9. The van der Waals surface area contributed by atoms with Gasteiger partial charge in [-0.25, -0.2) is 14.8 Å². The van der Waals surface area contributed by atoms with E-state index in [1.807, 2.05) is 29.3 Å². The smallest absolute Gasteiger partial charge is 0.407 e. The average Bonchev–Trinajstić information content (AvgIpc) is 4.08. The standard InChI is InChI=1S/C44H50N8O4/c1-49(44(55)56)40(34-10-4-2-5-11-34)43(54)52-26-9-13-38(52)42-46-29-36(48-42)33-20-16-31(17-21-33)30-14-18-32(19-15-30)35-28-45-41(47-35)37-12-8-25-51(37)39(53)22-27-50-23-6-3-7-24-50/h2,4-5,10-11,14-21,28-29,37-38,40H,3,6-9,12-13,22-27H2,1H3,(H,45,47)(H,46,48)(H,55,56)/t37?,38-,40+/m0/s1. The van der Waals surface area contributed by atoms with Crippen LogP contribution in [0.15, 0.2) is 91.3 Å². The highest BCUT2D eigenvalue weighted by atomic mass is 16.4. The van der Waals surface area contributed by atoms with E-state index >= 15 is 0 Å². The molecule has 5 aromatic rings. The molecule has 3 N–H and O–H groups in total. The molecule has 5 heterocycles. The van der Waals surface area contributed by atoms with Crippen LogP contribution in [0.4, 0.5) is 4.79 Å². The van der Waals surface area contributed by atoms with Gasteiger partial charge in [-0.2, -0.15) is 0 Å². The molecule has 12 nitrogen and oxygen atoms in total. The largest absolute Gasteiger partial charge is 0.465 e. The van der Waals surface area contributed by atoms with Crippen molar-refractivity contribution in [2.75, 3.05) is 39.8 Å². The van der Waals surface area contributed by atoms with E-state index in [0.717, 1.165) is 96.2 Å². The van der Waals surface area contributed by atoms with Crippen molar-refractivity contribution in [3.8, 4) is 33.6 Å². The third-order valence-corrected chi connectivity index (χ3v) is 11.8. The highest BCUT2D eigenvalue weighted by molar-refractivity contribution is 5.87. The van der Waals surface area contributed by atoms with E-state index in [9.17, 15) is 19.5 Å². The number of H-pyrrole nitrogens is 2. The molecule has 290 valence electrons. The molecule has 0 bridgehead atoms. The molecule has 1 unspecified atom stereocenters. The zero-order chi connectivity index (χ0) is 38.6. The van der Waals surface area contributed by atoms with Gasteiger partial charge in [-0.15, -0.1) is 0 Å². The van der Waals surface area contributed by atoms with Crippen molar-refractivity contribution in [1.82, 2.24) is 39.5 Å². The number of aromatic amines is 2. The Morgan fingerprint density at radius 2 is 1.21 bits per heavy atom. The van der Waals surface area contributed by atoms with Gasteiger partial charge in [0.05, 0.1) is 35.9 Å². The van der Waals surface area contributed by atoms with Crippen molar-refractivity contribution >= 4 is 17.9 Å². The molecule has 56 heavy (non-hydrogen) atoms. The number of hydrogen-bond acceptors (Lipinski definition) is 6. The van der Waals surface area contributed by atoms with E-state index in [4.69, 9.17) is 9.97 Å². The Kier molecular flexibility index (Phi) is 11.0. The van der Waals surface area contributed by atoms with Crippen LogP contribution in [-0.4, -0.2) is 102 Å². The number of hydrogen-bond donors (Lipinski definition) is 3. The van der Waals surface area contributed by atoms with Gasteiger partial charge >= 0.3 is 6.09 Å². The number of rotatable bonds is 11. The maximum absolute atomic E-state index is 13.9. The van der Waals surface area contributed by atoms with Gasteiger partial charge < -0.3 is 29.8 Å². The molecule has 0 aliphatic carbocycles. The predicted molar refractivity (Wildman–Crippen MR) is 214 cm³/mol. The summed E-state index contributed by atoms with van der Waals surface area (Å²) in [6.07, 6.45) is 10.3. The fourth-order valence-electron chi connectivity index (χ4n) is 8.67. The first-order valence-electron chi connectivity index (χ1n) is 20.0. The molecule has 8 rings (SSSR count). The van der Waals surface area contributed by atoms with Gasteiger partial charge in [-0.1, -0.05) is 85.3 Å². The molecule has 3 saturated heterocycles. The lowest BCUT2D eigenvalue weighted by molar-refractivity contribution is -0.137. The molecular formula is C44H50N8O4. The van der Waals surface area contributed by atoms with Crippen LogP contribution in [0.25, 0.3) is 33.6 Å². The normalized spacial score (nSPS) is 19.3. The number of likely N-dealkylation sites (tertiary alicyclic amines) is 3. The van der Waals surface area contributed by atoms with Crippen LogP contribution in [0.2, 0.25) is 0 Å². The minimum absolute atomic E-state index is 0.00114. The average molecular weight is 755 g/mol. The summed E-state index contributed by atoms with van der Waals surface area (Å²) in [6, 6.07) is 24.6. The number of likely N-dealkylation sites (N-methyl/N-ethyl adjacent to an activating group) is 1. The Balaban J connectivity index is 0.906. The van der Waals surface area contributed by atoms with Gasteiger partial charge in [-0.3, -0.25) is 14.5 Å². The number of carbonyl (C=O) groups excluding carboxylic acids is 2. The Morgan fingerprint density at radius 1 is 0.696 bits per heavy atom. The lowest BCUT2D eigenvalue weighted by atomic mass is 10.0. The summed E-state index contributed by atoms with van der Waals surface area (Å²) in [5.41, 5.74) is 6.61. The number of benzene rings is 3. The van der Waals surface area contributed by atoms with E-state index in [0.29, 0.717) is 24.4 Å². The zero-order valence-corrected chi connectivity index (χ0v) is 31.9. The first kappa shape index (κ1) is 37.2. The molecule has 3 aliphatic heterocycles. The van der Waals surface area contributed by atoms with Gasteiger partial charge in [0.1, 0.15) is 17.7 Å². The highest BCUT2D eigenvalue weighted by Gasteiger charge is 2.39. The molecule has 3 fully saturated rings. The highest BCUT2D eigenvalue weighted by Crippen LogP contribution is 2.36. The summed E-state index contributed by atoms with van der Waals surface area (Å²) >= 11 is 0. The maximum atomic E-state index is 13.9. The first-order valence-corrected chi connectivity index (χ1v) is 20.0. The lowest BCUT2D eigenvalue weighted by Crippen LogP contribution is -2.43. The van der Waals surface area contributed by atoms with Crippen LogP contribution in [0.1, 0.15) is 86.7 Å². The van der Waals surface area contributed by atoms with Gasteiger partial charge in [-0.05, 0) is 79.4 Å². The first-order chi connectivity index (χ1) is 27.3. The van der Waals surface area contributed by atoms with Crippen LogP contribution >= 0.6 is 0 Å². The van der Waals surface area contributed by atoms with E-state index in [-0.39, 0.29) is 23.9 Å². The van der Waals surface area contributed by atoms with Crippen molar-refractivity contribution in [1.29, 1.82) is 0 Å². The van der Waals surface area contributed by atoms with Crippen molar-refractivity contribution < 1.29 is 19.5 Å². The quantitative estimate of drug-likeness (QED) is 0.126. The SMILES string of the molecule is CN(C(=O)O)[C@@H](C(=O)N1CCC[C@H]1c1ncc(-c2ccc(-c3ccc(-c4cnc(C5CCCN5C(=O)CCN5CCCCC5)[nH]4)cc3)cc2)[nH]1)c1ccccc1. The van der Waals surface area contributed by atoms with Gasteiger partial charge in [0.15, 0.2) is 0 Å². The van der Waals surface area contributed by atoms with Crippen molar-refractivity contribution in [3.63, 3.8) is 0 Å². The second-order valence-corrected chi connectivity index (χ2v) is 15.3. The number of piperidine rings is 1. The number of carbonyl (C=O) groups is 3. The molecule has 3 aromatic carbocycles. The summed E-state index contributed by atoms with van der Waals surface area (Å²) in [6.45, 7) is 4.38. The van der Waals surface area contributed by atoms with Crippen molar-refractivity contribution in [2.45, 2.75) is 69.5 Å². The molecule has 0 spiro atoms. The molecular weight excluding hydrogens is 705 g/mol. The van der Waals surface area contributed by atoms with E-state index in [1.54, 1.807) is 23.2 Å². The molecule has 3 amide bonds. The second kappa shape index (κ2) is 16.5. The second-order valence-electron chi connectivity index (χ2n) is 15.3. The van der Waals surface area contributed by atoms with Crippen LogP contribution in [0.5, 0.6) is 0 Å². The molecule has 12 heteroatoms. The van der Waals surface area contributed by atoms with Gasteiger partial charge in [0, 0.05) is 33.1 Å². The monoisotopic (exact) mass is 754 g/mol. The summed E-state index contributed by atoms with van der Waals surface area (Å²) in [5, 5.41) is 9.79. The number of nitrogens with one attached hydrogen (secondary N) is 2. The summed E-state index contributed by atoms with van der Waals surface area (Å²) in [7, 11) is 1.44. The van der Waals surface area contributed by atoms with E-state index in [1.165, 1.54) is 26.3 Å². The fraction of sp³-hybridized carbons (Fsp3) is 0.386. The lowest BCUT2D eigenvalue weighted by Gasteiger charge is -2.32. The third-order valence-electron chi connectivity index (χ3n) is 11.8. The maximum Gasteiger partial charge on any atom is 0.407 e. The van der Waals surface area contributed by atoms with E-state index in [2.05, 4.69) is 63.4 Å². The molecule has 0 radical (unpaired) electrons.